The van der Waals surface area contributed by atoms with Gasteiger partial charge in [0.05, 0.1) is 10.4 Å². The number of aromatic nitrogens is 2. The zero-order chi connectivity index (χ0) is 15.0. The van der Waals surface area contributed by atoms with Crippen LogP contribution < -0.4 is 4.72 Å². The second-order valence-corrected chi connectivity index (χ2v) is 7.80. The van der Waals surface area contributed by atoms with Gasteiger partial charge in [0.1, 0.15) is 10.4 Å². The lowest BCUT2D eigenvalue weighted by molar-refractivity contribution is 0.315. The summed E-state index contributed by atoms with van der Waals surface area (Å²) in [5.74, 6) is 0. The van der Waals surface area contributed by atoms with Gasteiger partial charge < -0.3 is 0 Å². The van der Waals surface area contributed by atoms with E-state index in [1.807, 2.05) is 0 Å². The van der Waals surface area contributed by atoms with E-state index < -0.39 is 16.1 Å². The Kier molecular flexibility index (Phi) is 3.70. The van der Waals surface area contributed by atoms with Crippen molar-refractivity contribution in [2.75, 3.05) is 0 Å². The summed E-state index contributed by atoms with van der Waals surface area (Å²) in [6.07, 6.45) is 0. The van der Waals surface area contributed by atoms with E-state index in [4.69, 9.17) is 11.6 Å². The van der Waals surface area contributed by atoms with Crippen LogP contribution in [0.1, 0.15) is 17.8 Å². The molecule has 1 aromatic carbocycles. The first-order valence-corrected chi connectivity index (χ1v) is 8.64. The van der Waals surface area contributed by atoms with Gasteiger partial charge in [0.15, 0.2) is 5.52 Å². The fourth-order valence-corrected chi connectivity index (χ4v) is 4.42. The van der Waals surface area contributed by atoms with E-state index in [-0.39, 0.29) is 10.4 Å². The fourth-order valence-electron chi connectivity index (χ4n) is 1.91. The molecule has 0 bridgehead atoms. The van der Waals surface area contributed by atoms with Crippen LogP contribution in [0.2, 0.25) is 4.34 Å². The zero-order valence-corrected chi connectivity index (χ0v) is 13.2. The van der Waals surface area contributed by atoms with Gasteiger partial charge in [-0.25, -0.2) is 17.8 Å². The summed E-state index contributed by atoms with van der Waals surface area (Å²) in [4.78, 5) is 0.866. The molecular weight excluding hydrogens is 334 g/mol. The number of nitrogens with zero attached hydrogens (tertiary/aromatic N) is 2. The third-order valence-electron chi connectivity index (χ3n) is 2.89. The van der Waals surface area contributed by atoms with Gasteiger partial charge in [-0.15, -0.1) is 11.3 Å². The molecule has 0 fully saturated rings. The van der Waals surface area contributed by atoms with E-state index in [0.717, 1.165) is 4.88 Å². The molecule has 1 atom stereocenters. The number of benzene rings is 1. The third-order valence-corrected chi connectivity index (χ3v) is 5.88. The number of halogens is 1. The third kappa shape index (κ3) is 2.80. The van der Waals surface area contributed by atoms with Gasteiger partial charge in [-0.2, -0.15) is 0 Å². The second kappa shape index (κ2) is 5.38. The molecule has 1 N–H and O–H groups in total. The Morgan fingerprint density at radius 2 is 2.10 bits per heavy atom. The van der Waals surface area contributed by atoms with Crippen molar-refractivity contribution >= 4 is 44.0 Å². The van der Waals surface area contributed by atoms with Crippen LogP contribution in [0, 0.1) is 0 Å². The van der Waals surface area contributed by atoms with Crippen LogP contribution in [-0.4, -0.2) is 18.7 Å². The lowest BCUT2D eigenvalue weighted by atomic mass is 10.3. The summed E-state index contributed by atoms with van der Waals surface area (Å²) in [6.45, 7) is 1.75. The van der Waals surface area contributed by atoms with Gasteiger partial charge in [-0.1, -0.05) is 17.7 Å². The molecule has 110 valence electrons. The summed E-state index contributed by atoms with van der Waals surface area (Å²) in [5, 5.41) is 7.29. The molecule has 3 aromatic rings. The fraction of sp³-hybridized carbons (Fsp3) is 0.167. The minimum atomic E-state index is -3.74. The van der Waals surface area contributed by atoms with Crippen LogP contribution >= 0.6 is 22.9 Å². The van der Waals surface area contributed by atoms with Gasteiger partial charge in [-0.3, -0.25) is 0 Å². The van der Waals surface area contributed by atoms with Crippen molar-refractivity contribution in [3.8, 4) is 0 Å². The van der Waals surface area contributed by atoms with Crippen molar-refractivity contribution in [1.29, 1.82) is 0 Å². The first-order valence-electron chi connectivity index (χ1n) is 5.96. The molecule has 21 heavy (non-hydrogen) atoms. The van der Waals surface area contributed by atoms with Crippen LogP contribution in [0.15, 0.2) is 39.9 Å². The minimum absolute atomic E-state index is 0.0377. The highest BCUT2D eigenvalue weighted by molar-refractivity contribution is 7.89. The monoisotopic (exact) mass is 343 g/mol. The average Bonchev–Trinajstić information content (AvgIpc) is 3.05. The predicted octanol–water partition coefficient (Wildman–Crippen LogP) is 2.98. The van der Waals surface area contributed by atoms with Gasteiger partial charge >= 0.3 is 0 Å². The molecule has 0 radical (unpaired) electrons. The minimum Gasteiger partial charge on any atom is -0.243 e. The average molecular weight is 344 g/mol. The largest absolute Gasteiger partial charge is 0.243 e. The van der Waals surface area contributed by atoms with Gasteiger partial charge in [0, 0.05) is 4.88 Å². The number of thiophene rings is 1. The maximum Gasteiger partial charge on any atom is 0.243 e. The van der Waals surface area contributed by atoms with E-state index in [9.17, 15) is 8.42 Å². The molecule has 0 saturated heterocycles. The first-order chi connectivity index (χ1) is 9.97. The van der Waals surface area contributed by atoms with Crippen molar-refractivity contribution in [3.63, 3.8) is 0 Å². The highest BCUT2D eigenvalue weighted by Crippen LogP contribution is 2.28. The number of sulfonamides is 1. The van der Waals surface area contributed by atoms with E-state index in [1.165, 1.54) is 17.4 Å². The molecule has 0 spiro atoms. The Labute approximate surface area is 129 Å². The summed E-state index contributed by atoms with van der Waals surface area (Å²) in [6, 6.07) is 7.81. The molecule has 0 aliphatic carbocycles. The van der Waals surface area contributed by atoms with Crippen LogP contribution in [-0.2, 0) is 10.0 Å². The Morgan fingerprint density at radius 1 is 1.29 bits per heavy atom. The topological polar surface area (TPSA) is 85.1 Å². The Bertz CT molecular complexity index is 888. The lowest BCUT2D eigenvalue weighted by Crippen LogP contribution is -2.26. The first kappa shape index (κ1) is 14.5. The molecule has 0 saturated carbocycles. The SMILES string of the molecule is C[C@@H](NS(=O)(=O)c1cccc2nonc12)c1ccc(Cl)s1. The molecule has 9 heteroatoms. The summed E-state index contributed by atoms with van der Waals surface area (Å²) in [7, 11) is -3.74. The summed E-state index contributed by atoms with van der Waals surface area (Å²) >= 11 is 7.20. The van der Waals surface area contributed by atoms with Crippen LogP contribution in [0.4, 0.5) is 0 Å². The van der Waals surface area contributed by atoms with Crippen LogP contribution in [0.3, 0.4) is 0 Å². The highest BCUT2D eigenvalue weighted by atomic mass is 35.5. The summed E-state index contributed by atoms with van der Waals surface area (Å²) < 4.78 is 32.8. The predicted molar refractivity (Wildman–Crippen MR) is 79.9 cm³/mol. The smallest absolute Gasteiger partial charge is 0.243 e. The van der Waals surface area contributed by atoms with Crippen molar-refractivity contribution in [3.05, 3.63) is 39.5 Å². The lowest BCUT2D eigenvalue weighted by Gasteiger charge is -2.12. The van der Waals surface area contributed by atoms with E-state index in [0.29, 0.717) is 9.85 Å². The molecule has 2 aromatic heterocycles. The highest BCUT2D eigenvalue weighted by Gasteiger charge is 2.23. The number of nitrogens with one attached hydrogen (secondary N) is 1. The van der Waals surface area contributed by atoms with Gasteiger partial charge in [0.25, 0.3) is 0 Å². The maximum absolute atomic E-state index is 12.5. The number of hydrogen-bond donors (Lipinski definition) is 1. The molecule has 0 aliphatic rings. The molecule has 2 heterocycles. The van der Waals surface area contributed by atoms with Gasteiger partial charge in [0.2, 0.25) is 10.0 Å². The van der Waals surface area contributed by atoms with Crippen molar-refractivity contribution < 1.29 is 13.0 Å². The molecule has 0 amide bonds. The van der Waals surface area contributed by atoms with Crippen LogP contribution in [0.25, 0.3) is 11.0 Å². The Morgan fingerprint density at radius 3 is 2.81 bits per heavy atom. The normalized spacial score (nSPS) is 13.6. The standard InChI is InChI=1S/C12H10ClN3O3S2/c1-7(9-5-6-11(13)20-9)16-21(17,18)10-4-2-3-8-12(10)15-19-14-8/h2-7,16H,1H3/t7-/m1/s1. The molecular formula is C12H10ClN3O3S2. The van der Waals surface area contributed by atoms with Gasteiger partial charge in [-0.05, 0) is 41.5 Å². The number of fused-ring (bicyclic) bond motifs is 1. The van der Waals surface area contributed by atoms with Crippen molar-refractivity contribution in [1.82, 2.24) is 15.0 Å². The van der Waals surface area contributed by atoms with E-state index >= 15 is 0 Å². The number of hydrogen-bond acceptors (Lipinski definition) is 6. The molecule has 0 unspecified atom stereocenters. The second-order valence-electron chi connectivity index (χ2n) is 4.37. The van der Waals surface area contributed by atoms with E-state index in [2.05, 4.69) is 19.7 Å². The molecule has 0 aliphatic heterocycles. The molecule has 3 rings (SSSR count). The maximum atomic E-state index is 12.5. The van der Waals surface area contributed by atoms with Crippen molar-refractivity contribution in [2.45, 2.75) is 17.9 Å². The Balaban J connectivity index is 1.95. The zero-order valence-electron chi connectivity index (χ0n) is 10.8. The van der Waals surface area contributed by atoms with E-state index in [1.54, 1.807) is 31.2 Å². The molecule has 6 nitrogen and oxygen atoms in total. The number of rotatable bonds is 4. The quantitative estimate of drug-likeness (QED) is 0.787. The van der Waals surface area contributed by atoms with Crippen molar-refractivity contribution in [2.24, 2.45) is 0 Å². The Hall–Kier alpha value is -1.48. The summed E-state index contributed by atoms with van der Waals surface area (Å²) in [5.41, 5.74) is 0.603. The van der Waals surface area contributed by atoms with Crippen LogP contribution in [0.5, 0.6) is 0 Å².